The molecule has 98 valence electrons. The first-order chi connectivity index (χ1) is 8.61. The molecule has 0 aromatic heterocycles. The predicted molar refractivity (Wildman–Crippen MR) is 67.8 cm³/mol. The van der Waals surface area contributed by atoms with Gasteiger partial charge in [-0.2, -0.15) is 0 Å². The summed E-state index contributed by atoms with van der Waals surface area (Å²) in [6.45, 7) is 2.57. The molecule has 1 atom stereocenters. The zero-order valence-corrected chi connectivity index (χ0v) is 10.5. The Labute approximate surface area is 106 Å². The van der Waals surface area contributed by atoms with E-state index in [0.717, 1.165) is 6.54 Å². The second-order valence-electron chi connectivity index (χ2n) is 4.63. The van der Waals surface area contributed by atoms with E-state index in [1.54, 1.807) is 17.0 Å². The van der Waals surface area contributed by atoms with E-state index >= 15 is 0 Å². The van der Waals surface area contributed by atoms with E-state index in [2.05, 4.69) is 4.90 Å². The molecule has 1 heterocycles. The van der Waals surface area contributed by atoms with Gasteiger partial charge < -0.3 is 10.6 Å². The fourth-order valence-corrected chi connectivity index (χ4v) is 2.19. The Morgan fingerprint density at radius 2 is 2.28 bits per heavy atom. The van der Waals surface area contributed by atoms with Crippen LogP contribution in [0.15, 0.2) is 24.3 Å². The first-order valence-corrected chi connectivity index (χ1v) is 6.07. The van der Waals surface area contributed by atoms with Crippen LogP contribution in [0, 0.1) is 5.82 Å². The standard InChI is InChI=1S/C13H18FN3O/c1-16-5-6-17(9-12(16)8-15)13(18)10-3-2-4-11(14)7-10/h2-4,7,12H,5-6,8-9,15H2,1H3. The molecule has 1 aromatic rings. The molecular formula is C13H18FN3O. The lowest BCUT2D eigenvalue weighted by atomic mass is 10.1. The molecule has 4 nitrogen and oxygen atoms in total. The summed E-state index contributed by atoms with van der Waals surface area (Å²) in [5, 5.41) is 0. The summed E-state index contributed by atoms with van der Waals surface area (Å²) < 4.78 is 13.1. The van der Waals surface area contributed by atoms with Crippen LogP contribution >= 0.6 is 0 Å². The minimum atomic E-state index is -0.384. The molecule has 5 heteroatoms. The first kappa shape index (κ1) is 13.0. The number of rotatable bonds is 2. The number of benzene rings is 1. The van der Waals surface area contributed by atoms with Crippen molar-refractivity contribution < 1.29 is 9.18 Å². The van der Waals surface area contributed by atoms with Crippen LogP contribution < -0.4 is 5.73 Å². The van der Waals surface area contributed by atoms with Gasteiger partial charge in [-0.05, 0) is 25.2 Å². The van der Waals surface area contributed by atoms with Gasteiger partial charge in [0.15, 0.2) is 0 Å². The van der Waals surface area contributed by atoms with Gasteiger partial charge in [-0.3, -0.25) is 9.69 Å². The molecule has 1 aliphatic heterocycles. The molecule has 1 fully saturated rings. The zero-order chi connectivity index (χ0) is 13.1. The van der Waals surface area contributed by atoms with Gasteiger partial charge in [0.25, 0.3) is 5.91 Å². The smallest absolute Gasteiger partial charge is 0.254 e. The van der Waals surface area contributed by atoms with E-state index < -0.39 is 0 Å². The summed E-state index contributed by atoms with van der Waals surface area (Å²) in [4.78, 5) is 16.1. The maximum Gasteiger partial charge on any atom is 0.254 e. The van der Waals surface area contributed by atoms with Gasteiger partial charge in [0, 0.05) is 37.8 Å². The summed E-state index contributed by atoms with van der Waals surface area (Å²) in [6, 6.07) is 5.98. The number of halogens is 1. The first-order valence-electron chi connectivity index (χ1n) is 6.07. The molecule has 0 spiro atoms. The van der Waals surface area contributed by atoms with Crippen molar-refractivity contribution in [2.75, 3.05) is 33.2 Å². The third kappa shape index (κ3) is 2.68. The van der Waals surface area contributed by atoms with Crippen LogP contribution in [0.5, 0.6) is 0 Å². The SMILES string of the molecule is CN1CCN(C(=O)c2cccc(F)c2)CC1CN. The molecule has 0 saturated carbocycles. The number of likely N-dealkylation sites (N-methyl/N-ethyl adjacent to an activating group) is 1. The number of carbonyl (C=O) groups is 1. The van der Waals surface area contributed by atoms with Crippen LogP contribution in [0.2, 0.25) is 0 Å². The van der Waals surface area contributed by atoms with Crippen LogP contribution in [-0.2, 0) is 0 Å². The minimum absolute atomic E-state index is 0.124. The van der Waals surface area contributed by atoms with E-state index in [9.17, 15) is 9.18 Å². The molecule has 1 amide bonds. The molecule has 1 saturated heterocycles. The molecule has 18 heavy (non-hydrogen) atoms. The topological polar surface area (TPSA) is 49.6 Å². The monoisotopic (exact) mass is 251 g/mol. The predicted octanol–water partition coefficient (Wildman–Crippen LogP) is 0.541. The van der Waals surface area contributed by atoms with Gasteiger partial charge in [0.2, 0.25) is 0 Å². The molecule has 2 N–H and O–H groups in total. The van der Waals surface area contributed by atoms with Crippen LogP contribution in [0.3, 0.4) is 0 Å². The Morgan fingerprint density at radius 3 is 2.94 bits per heavy atom. The Kier molecular flexibility index (Phi) is 3.93. The Hall–Kier alpha value is -1.46. The van der Waals surface area contributed by atoms with Crippen molar-refractivity contribution in [3.05, 3.63) is 35.6 Å². The third-order valence-corrected chi connectivity index (χ3v) is 3.41. The highest BCUT2D eigenvalue weighted by atomic mass is 19.1. The second kappa shape index (κ2) is 5.46. The zero-order valence-electron chi connectivity index (χ0n) is 10.5. The fourth-order valence-electron chi connectivity index (χ4n) is 2.19. The lowest BCUT2D eigenvalue weighted by Crippen LogP contribution is -2.55. The third-order valence-electron chi connectivity index (χ3n) is 3.41. The van der Waals surface area contributed by atoms with Gasteiger partial charge in [-0.25, -0.2) is 4.39 Å². The maximum atomic E-state index is 13.1. The summed E-state index contributed by atoms with van der Waals surface area (Å²) in [5.74, 6) is -0.508. The highest BCUT2D eigenvalue weighted by Crippen LogP contribution is 2.12. The number of piperazine rings is 1. The van der Waals surface area contributed by atoms with E-state index in [4.69, 9.17) is 5.73 Å². The Bertz CT molecular complexity index is 438. The molecule has 2 rings (SSSR count). The molecule has 1 aliphatic rings. The number of nitrogens with zero attached hydrogens (tertiary/aromatic N) is 2. The highest BCUT2D eigenvalue weighted by molar-refractivity contribution is 5.94. The summed E-state index contributed by atoms with van der Waals surface area (Å²) >= 11 is 0. The van der Waals surface area contributed by atoms with Gasteiger partial charge in [-0.15, -0.1) is 0 Å². The van der Waals surface area contributed by atoms with Crippen molar-refractivity contribution in [1.82, 2.24) is 9.80 Å². The second-order valence-corrected chi connectivity index (χ2v) is 4.63. The number of nitrogens with two attached hydrogens (primary N) is 1. The largest absolute Gasteiger partial charge is 0.336 e. The number of hydrogen-bond donors (Lipinski definition) is 1. The van der Waals surface area contributed by atoms with Crippen molar-refractivity contribution in [3.63, 3.8) is 0 Å². The number of carbonyl (C=O) groups excluding carboxylic acids is 1. The average molecular weight is 251 g/mol. The lowest BCUT2D eigenvalue weighted by molar-refractivity contribution is 0.0559. The highest BCUT2D eigenvalue weighted by Gasteiger charge is 2.26. The van der Waals surface area contributed by atoms with Gasteiger partial charge >= 0.3 is 0 Å². The van der Waals surface area contributed by atoms with Crippen LogP contribution in [0.25, 0.3) is 0 Å². The Morgan fingerprint density at radius 1 is 1.50 bits per heavy atom. The quantitative estimate of drug-likeness (QED) is 0.834. The molecule has 0 aliphatic carbocycles. The van der Waals surface area contributed by atoms with Crippen LogP contribution in [0.1, 0.15) is 10.4 Å². The molecule has 0 bridgehead atoms. The molecular weight excluding hydrogens is 233 g/mol. The maximum absolute atomic E-state index is 13.1. The van der Waals surface area contributed by atoms with Crippen LogP contribution in [-0.4, -0.2) is 55.0 Å². The average Bonchev–Trinajstić information content (AvgIpc) is 2.38. The summed E-state index contributed by atoms with van der Waals surface area (Å²) in [5.41, 5.74) is 6.08. The Balaban J connectivity index is 2.10. The van der Waals surface area contributed by atoms with Crippen molar-refractivity contribution in [3.8, 4) is 0 Å². The fraction of sp³-hybridized carbons (Fsp3) is 0.462. The van der Waals surface area contributed by atoms with Crippen molar-refractivity contribution >= 4 is 5.91 Å². The summed E-state index contributed by atoms with van der Waals surface area (Å²) in [7, 11) is 2.00. The number of amides is 1. The normalized spacial score (nSPS) is 21.1. The number of hydrogen-bond acceptors (Lipinski definition) is 3. The summed E-state index contributed by atoms with van der Waals surface area (Å²) in [6.07, 6.45) is 0. The van der Waals surface area contributed by atoms with Gasteiger partial charge in [-0.1, -0.05) is 6.07 Å². The van der Waals surface area contributed by atoms with Gasteiger partial charge in [0.1, 0.15) is 5.82 Å². The molecule has 1 aromatic carbocycles. The van der Waals surface area contributed by atoms with E-state index in [0.29, 0.717) is 25.2 Å². The van der Waals surface area contributed by atoms with E-state index in [-0.39, 0.29) is 17.8 Å². The van der Waals surface area contributed by atoms with Crippen molar-refractivity contribution in [2.45, 2.75) is 6.04 Å². The van der Waals surface area contributed by atoms with Crippen LogP contribution in [0.4, 0.5) is 4.39 Å². The van der Waals surface area contributed by atoms with E-state index in [1.807, 2.05) is 7.05 Å². The molecule has 0 radical (unpaired) electrons. The molecule has 1 unspecified atom stereocenters. The van der Waals surface area contributed by atoms with E-state index in [1.165, 1.54) is 12.1 Å². The van der Waals surface area contributed by atoms with Crippen molar-refractivity contribution in [2.24, 2.45) is 5.73 Å². The van der Waals surface area contributed by atoms with Gasteiger partial charge in [0.05, 0.1) is 0 Å². The van der Waals surface area contributed by atoms with Crippen molar-refractivity contribution in [1.29, 1.82) is 0 Å². The minimum Gasteiger partial charge on any atom is -0.336 e. The lowest BCUT2D eigenvalue weighted by Gasteiger charge is -2.38.